The van der Waals surface area contributed by atoms with Crippen molar-refractivity contribution < 1.29 is 27.5 Å². The Morgan fingerprint density at radius 2 is 1.79 bits per heavy atom. The minimum atomic E-state index is -4.54. The number of hydrogen-bond acceptors (Lipinski definition) is 3. The van der Waals surface area contributed by atoms with Gasteiger partial charge in [-0.3, -0.25) is 9.59 Å². The summed E-state index contributed by atoms with van der Waals surface area (Å²) in [5.41, 5.74) is -0.491. The maximum absolute atomic E-state index is 13.0. The quantitative estimate of drug-likeness (QED) is 0.669. The predicted molar refractivity (Wildman–Crippen MR) is 104 cm³/mol. The molecule has 0 bridgehead atoms. The van der Waals surface area contributed by atoms with Crippen LogP contribution in [0, 0.1) is 0 Å². The van der Waals surface area contributed by atoms with Gasteiger partial charge in [0.05, 0.1) is 17.9 Å². The second-order valence-corrected chi connectivity index (χ2v) is 6.55. The largest absolute Gasteiger partial charge is 0.491 e. The van der Waals surface area contributed by atoms with Gasteiger partial charge in [-0.15, -0.1) is 0 Å². The molecule has 0 saturated carbocycles. The van der Waals surface area contributed by atoms with Crippen LogP contribution in [0.1, 0.15) is 42.6 Å². The topological polar surface area (TPSA) is 67.4 Å². The molecule has 0 saturated heterocycles. The van der Waals surface area contributed by atoms with Gasteiger partial charge in [0.15, 0.2) is 0 Å². The first-order chi connectivity index (χ1) is 13.7. The van der Waals surface area contributed by atoms with E-state index in [1.54, 1.807) is 37.3 Å². The molecule has 0 spiro atoms. The summed E-state index contributed by atoms with van der Waals surface area (Å²) in [6.45, 7) is 3.80. The Labute approximate surface area is 167 Å². The lowest BCUT2D eigenvalue weighted by atomic mass is 10.1. The van der Waals surface area contributed by atoms with Crippen LogP contribution < -0.4 is 15.4 Å². The fraction of sp³-hybridized carbons (Fsp3) is 0.333. The molecule has 1 atom stereocenters. The van der Waals surface area contributed by atoms with E-state index in [9.17, 15) is 22.8 Å². The van der Waals surface area contributed by atoms with Crippen LogP contribution in [0.15, 0.2) is 48.5 Å². The standard InChI is InChI=1S/C21H23F3N2O3/c1-3-11-29-18-10-9-16(21(22,23)24)13-17(18)26-19(27)12-14(2)25-20(28)15-7-5-4-6-8-15/h4-10,13-14H,3,11-12H2,1-2H3,(H,25,28)(H,26,27). The third-order valence-electron chi connectivity index (χ3n) is 3.95. The maximum atomic E-state index is 13.0. The van der Waals surface area contributed by atoms with Gasteiger partial charge in [-0.25, -0.2) is 0 Å². The SMILES string of the molecule is CCCOc1ccc(C(F)(F)F)cc1NC(=O)CC(C)NC(=O)c1ccccc1. The van der Waals surface area contributed by atoms with Gasteiger partial charge < -0.3 is 15.4 Å². The van der Waals surface area contributed by atoms with Crippen molar-refractivity contribution in [1.29, 1.82) is 0 Å². The summed E-state index contributed by atoms with van der Waals surface area (Å²) < 4.78 is 44.4. The Morgan fingerprint density at radius 1 is 1.10 bits per heavy atom. The van der Waals surface area contributed by atoms with Crippen molar-refractivity contribution in [2.75, 3.05) is 11.9 Å². The molecule has 0 fully saturated rings. The zero-order chi connectivity index (χ0) is 21.4. The first-order valence-electron chi connectivity index (χ1n) is 9.20. The lowest BCUT2D eigenvalue weighted by molar-refractivity contribution is -0.137. The average Bonchev–Trinajstić information content (AvgIpc) is 2.66. The number of alkyl halides is 3. The van der Waals surface area contributed by atoms with Gasteiger partial charge in [-0.05, 0) is 43.7 Å². The van der Waals surface area contributed by atoms with E-state index in [0.717, 1.165) is 12.1 Å². The highest BCUT2D eigenvalue weighted by Gasteiger charge is 2.31. The van der Waals surface area contributed by atoms with Gasteiger partial charge >= 0.3 is 6.18 Å². The predicted octanol–water partition coefficient (Wildman–Crippen LogP) is 4.64. The van der Waals surface area contributed by atoms with E-state index in [1.807, 2.05) is 6.92 Å². The van der Waals surface area contributed by atoms with Crippen LogP contribution in [0.4, 0.5) is 18.9 Å². The summed E-state index contributed by atoms with van der Waals surface area (Å²) in [5.74, 6) is -0.711. The van der Waals surface area contributed by atoms with Crippen molar-refractivity contribution in [1.82, 2.24) is 5.32 Å². The van der Waals surface area contributed by atoms with Crippen LogP contribution in [0.3, 0.4) is 0 Å². The van der Waals surface area contributed by atoms with Gasteiger partial charge in [-0.1, -0.05) is 25.1 Å². The van der Waals surface area contributed by atoms with Gasteiger partial charge in [0.25, 0.3) is 5.91 Å². The van der Waals surface area contributed by atoms with Crippen LogP contribution in [0.5, 0.6) is 5.75 Å². The van der Waals surface area contributed by atoms with Crippen LogP contribution >= 0.6 is 0 Å². The number of halogens is 3. The monoisotopic (exact) mass is 408 g/mol. The Bertz CT molecular complexity index is 839. The minimum absolute atomic E-state index is 0.0557. The number of carbonyl (C=O) groups excluding carboxylic acids is 2. The number of nitrogens with one attached hydrogen (secondary N) is 2. The molecule has 156 valence electrons. The molecule has 8 heteroatoms. The van der Waals surface area contributed by atoms with E-state index in [1.165, 1.54) is 6.07 Å². The fourth-order valence-electron chi connectivity index (χ4n) is 2.57. The molecule has 2 rings (SSSR count). The first kappa shape index (κ1) is 22.3. The number of ether oxygens (including phenoxy) is 1. The maximum Gasteiger partial charge on any atom is 0.416 e. The highest BCUT2D eigenvalue weighted by Crippen LogP contribution is 2.35. The van der Waals surface area contributed by atoms with Crippen LogP contribution in [-0.4, -0.2) is 24.5 Å². The third kappa shape index (κ3) is 6.81. The van der Waals surface area contributed by atoms with E-state index < -0.39 is 23.7 Å². The number of benzene rings is 2. The van der Waals surface area contributed by atoms with Crippen molar-refractivity contribution in [2.45, 2.75) is 38.9 Å². The number of rotatable bonds is 8. The summed E-state index contributed by atoms with van der Waals surface area (Å²) in [4.78, 5) is 24.5. The third-order valence-corrected chi connectivity index (χ3v) is 3.95. The second kappa shape index (κ2) is 9.95. The van der Waals surface area contributed by atoms with E-state index in [-0.39, 0.29) is 23.8 Å². The Balaban J connectivity index is 2.05. The fourth-order valence-corrected chi connectivity index (χ4v) is 2.57. The summed E-state index contributed by atoms with van der Waals surface area (Å²) in [5, 5.41) is 5.15. The van der Waals surface area contributed by atoms with Crippen molar-refractivity contribution in [3.63, 3.8) is 0 Å². The molecule has 0 radical (unpaired) electrons. The molecular formula is C21H23F3N2O3. The zero-order valence-corrected chi connectivity index (χ0v) is 16.2. The number of anilines is 1. The lowest BCUT2D eigenvalue weighted by Crippen LogP contribution is -2.35. The summed E-state index contributed by atoms with van der Waals surface area (Å²) >= 11 is 0. The van der Waals surface area contributed by atoms with Gasteiger partial charge in [-0.2, -0.15) is 13.2 Å². The molecule has 29 heavy (non-hydrogen) atoms. The molecule has 2 amide bonds. The molecule has 2 aromatic rings. The van der Waals surface area contributed by atoms with Crippen LogP contribution in [-0.2, 0) is 11.0 Å². The minimum Gasteiger partial charge on any atom is -0.491 e. The van der Waals surface area contributed by atoms with Crippen molar-refractivity contribution >= 4 is 17.5 Å². The van der Waals surface area contributed by atoms with Gasteiger partial charge in [0, 0.05) is 18.0 Å². The Morgan fingerprint density at radius 3 is 2.41 bits per heavy atom. The van der Waals surface area contributed by atoms with Crippen LogP contribution in [0.25, 0.3) is 0 Å². The second-order valence-electron chi connectivity index (χ2n) is 6.55. The molecule has 0 aliphatic rings. The van der Waals surface area contributed by atoms with E-state index >= 15 is 0 Å². The van der Waals surface area contributed by atoms with E-state index in [0.29, 0.717) is 18.6 Å². The highest BCUT2D eigenvalue weighted by molar-refractivity contribution is 5.96. The number of amides is 2. The Hall–Kier alpha value is -3.03. The normalized spacial score (nSPS) is 12.2. The molecule has 0 heterocycles. The molecule has 0 aromatic heterocycles. The van der Waals surface area contributed by atoms with Gasteiger partial charge in [0.1, 0.15) is 5.75 Å². The van der Waals surface area contributed by atoms with E-state index in [2.05, 4.69) is 10.6 Å². The molecule has 5 nitrogen and oxygen atoms in total. The Kier molecular flexibility index (Phi) is 7.64. The molecular weight excluding hydrogens is 385 g/mol. The average molecular weight is 408 g/mol. The van der Waals surface area contributed by atoms with Crippen molar-refractivity contribution in [3.05, 3.63) is 59.7 Å². The molecule has 1 unspecified atom stereocenters. The molecule has 2 aromatic carbocycles. The lowest BCUT2D eigenvalue weighted by Gasteiger charge is -2.17. The van der Waals surface area contributed by atoms with Gasteiger partial charge in [0.2, 0.25) is 5.91 Å². The molecule has 0 aliphatic heterocycles. The van der Waals surface area contributed by atoms with Crippen molar-refractivity contribution in [3.8, 4) is 5.75 Å². The van der Waals surface area contributed by atoms with Crippen LogP contribution in [0.2, 0.25) is 0 Å². The first-order valence-corrected chi connectivity index (χ1v) is 9.20. The summed E-state index contributed by atoms with van der Waals surface area (Å²) in [7, 11) is 0. The number of hydrogen-bond donors (Lipinski definition) is 2. The van der Waals surface area contributed by atoms with Crippen molar-refractivity contribution in [2.24, 2.45) is 0 Å². The number of carbonyl (C=O) groups is 2. The zero-order valence-electron chi connectivity index (χ0n) is 16.2. The highest BCUT2D eigenvalue weighted by atomic mass is 19.4. The molecule has 0 aliphatic carbocycles. The smallest absolute Gasteiger partial charge is 0.416 e. The summed E-state index contributed by atoms with van der Waals surface area (Å²) in [6.07, 6.45) is -3.99. The summed E-state index contributed by atoms with van der Waals surface area (Å²) in [6, 6.07) is 10.9. The van der Waals surface area contributed by atoms with E-state index in [4.69, 9.17) is 4.74 Å². The molecule has 2 N–H and O–H groups in total.